The smallest absolute Gasteiger partial charge is 0.133 e. The molecule has 0 spiro atoms. The number of nitrogens with one attached hydrogen (secondary N) is 1. The van der Waals surface area contributed by atoms with Gasteiger partial charge in [-0.1, -0.05) is 45.0 Å². The van der Waals surface area contributed by atoms with E-state index < -0.39 is 0 Å². The van der Waals surface area contributed by atoms with Crippen molar-refractivity contribution < 1.29 is 0 Å². The van der Waals surface area contributed by atoms with E-state index in [4.69, 9.17) is 0 Å². The van der Waals surface area contributed by atoms with Gasteiger partial charge in [0.1, 0.15) is 11.6 Å². The van der Waals surface area contributed by atoms with Crippen molar-refractivity contribution in [2.45, 2.75) is 53.0 Å². The van der Waals surface area contributed by atoms with Gasteiger partial charge < -0.3 is 5.32 Å². The van der Waals surface area contributed by atoms with E-state index in [-0.39, 0.29) is 6.04 Å². The van der Waals surface area contributed by atoms with Crippen molar-refractivity contribution >= 4 is 5.82 Å². The molecular formula is C18H25N3. The van der Waals surface area contributed by atoms with Gasteiger partial charge in [-0.3, -0.25) is 0 Å². The fourth-order valence-electron chi connectivity index (χ4n) is 2.27. The molecule has 1 unspecified atom stereocenters. The molecule has 0 saturated heterocycles. The summed E-state index contributed by atoms with van der Waals surface area (Å²) in [5.74, 6) is 2.13. The number of hydrogen-bond acceptors (Lipinski definition) is 3. The standard InChI is InChI=1S/C18H25N3/c1-6-15-7-9-16(10-8-15)14(5)20-17-11-13(4)19-18(21-17)12(2)3/h7-12,14H,6H2,1-5H3,(H,19,20,21). The Morgan fingerprint density at radius 3 is 2.29 bits per heavy atom. The van der Waals surface area contributed by atoms with E-state index in [0.29, 0.717) is 5.92 Å². The normalized spacial score (nSPS) is 12.5. The summed E-state index contributed by atoms with van der Waals surface area (Å²) in [4.78, 5) is 9.10. The third-order valence-corrected chi connectivity index (χ3v) is 3.64. The summed E-state index contributed by atoms with van der Waals surface area (Å²) in [6.45, 7) is 10.6. The van der Waals surface area contributed by atoms with Crippen molar-refractivity contribution in [1.82, 2.24) is 9.97 Å². The Hall–Kier alpha value is -1.90. The second kappa shape index (κ2) is 6.70. The van der Waals surface area contributed by atoms with E-state index in [0.717, 1.165) is 23.8 Å². The minimum atomic E-state index is 0.227. The average molecular weight is 283 g/mol. The molecule has 3 nitrogen and oxygen atoms in total. The summed E-state index contributed by atoms with van der Waals surface area (Å²) >= 11 is 0. The summed E-state index contributed by atoms with van der Waals surface area (Å²) in [6, 6.07) is 11.0. The van der Waals surface area contributed by atoms with Gasteiger partial charge in [-0.05, 0) is 31.4 Å². The van der Waals surface area contributed by atoms with Gasteiger partial charge in [0.25, 0.3) is 0 Å². The summed E-state index contributed by atoms with van der Waals surface area (Å²) in [5.41, 5.74) is 3.64. The molecule has 0 fully saturated rings. The second-order valence-corrected chi connectivity index (χ2v) is 5.87. The van der Waals surface area contributed by atoms with Crippen molar-refractivity contribution in [1.29, 1.82) is 0 Å². The van der Waals surface area contributed by atoms with Gasteiger partial charge >= 0.3 is 0 Å². The molecule has 0 radical (unpaired) electrons. The zero-order valence-electron chi connectivity index (χ0n) is 13.6. The third-order valence-electron chi connectivity index (χ3n) is 3.64. The van der Waals surface area contributed by atoms with Gasteiger partial charge in [-0.2, -0.15) is 0 Å². The number of aromatic nitrogens is 2. The molecule has 1 N–H and O–H groups in total. The first-order chi connectivity index (χ1) is 9.99. The van der Waals surface area contributed by atoms with Crippen LogP contribution in [0.2, 0.25) is 0 Å². The Kier molecular flexibility index (Phi) is 4.94. The van der Waals surface area contributed by atoms with E-state index in [1.54, 1.807) is 0 Å². The van der Waals surface area contributed by atoms with Crippen LogP contribution in [-0.2, 0) is 6.42 Å². The lowest BCUT2D eigenvalue weighted by molar-refractivity contribution is 0.761. The molecular weight excluding hydrogens is 258 g/mol. The maximum atomic E-state index is 4.61. The summed E-state index contributed by atoms with van der Waals surface area (Å²) in [5, 5.41) is 3.48. The zero-order valence-corrected chi connectivity index (χ0v) is 13.6. The molecule has 1 aromatic carbocycles. The van der Waals surface area contributed by atoms with Crippen LogP contribution < -0.4 is 5.32 Å². The maximum absolute atomic E-state index is 4.61. The van der Waals surface area contributed by atoms with Crippen molar-refractivity contribution in [2.24, 2.45) is 0 Å². The number of aryl methyl sites for hydroxylation is 2. The first-order valence-electron chi connectivity index (χ1n) is 7.70. The lowest BCUT2D eigenvalue weighted by Gasteiger charge is -2.17. The Balaban J connectivity index is 2.16. The number of anilines is 1. The quantitative estimate of drug-likeness (QED) is 0.868. The molecule has 21 heavy (non-hydrogen) atoms. The first kappa shape index (κ1) is 15.5. The highest BCUT2D eigenvalue weighted by Gasteiger charge is 2.10. The summed E-state index contributed by atoms with van der Waals surface area (Å²) < 4.78 is 0. The molecule has 0 aliphatic rings. The van der Waals surface area contributed by atoms with Crippen molar-refractivity contribution in [3.8, 4) is 0 Å². The maximum Gasteiger partial charge on any atom is 0.133 e. The number of benzene rings is 1. The predicted molar refractivity (Wildman–Crippen MR) is 88.7 cm³/mol. The molecule has 1 aromatic heterocycles. The molecule has 3 heteroatoms. The lowest BCUT2D eigenvalue weighted by Crippen LogP contribution is -2.10. The monoisotopic (exact) mass is 283 g/mol. The number of nitrogens with zero attached hydrogens (tertiary/aromatic N) is 2. The van der Waals surface area contributed by atoms with Crippen molar-refractivity contribution in [2.75, 3.05) is 5.32 Å². The highest BCUT2D eigenvalue weighted by molar-refractivity contribution is 5.40. The van der Waals surface area contributed by atoms with Crippen LogP contribution in [-0.4, -0.2) is 9.97 Å². The molecule has 0 aliphatic heterocycles. The predicted octanol–water partition coefficient (Wildman–Crippen LogP) is 4.64. The lowest BCUT2D eigenvalue weighted by atomic mass is 10.1. The highest BCUT2D eigenvalue weighted by atomic mass is 15.0. The first-order valence-corrected chi connectivity index (χ1v) is 7.70. The van der Waals surface area contributed by atoms with Gasteiger partial charge in [0.15, 0.2) is 0 Å². The number of hydrogen-bond donors (Lipinski definition) is 1. The van der Waals surface area contributed by atoms with E-state index in [1.807, 2.05) is 13.0 Å². The van der Waals surface area contributed by atoms with Crippen LogP contribution in [0.4, 0.5) is 5.82 Å². The molecule has 0 saturated carbocycles. The molecule has 112 valence electrons. The van der Waals surface area contributed by atoms with Crippen LogP contribution in [0.25, 0.3) is 0 Å². The molecule has 1 heterocycles. The molecule has 2 aromatic rings. The molecule has 1 atom stereocenters. The number of rotatable bonds is 5. The average Bonchev–Trinajstić information content (AvgIpc) is 2.46. The minimum absolute atomic E-state index is 0.227. The molecule has 0 bridgehead atoms. The van der Waals surface area contributed by atoms with E-state index in [2.05, 4.69) is 67.2 Å². The SMILES string of the molecule is CCc1ccc(C(C)Nc2cc(C)nc(C(C)C)n2)cc1. The van der Waals surface area contributed by atoms with Crippen LogP contribution in [0.5, 0.6) is 0 Å². The van der Waals surface area contributed by atoms with Crippen molar-refractivity contribution in [3.63, 3.8) is 0 Å². The topological polar surface area (TPSA) is 37.8 Å². The van der Waals surface area contributed by atoms with Crippen LogP contribution in [0.1, 0.15) is 62.3 Å². The van der Waals surface area contributed by atoms with E-state index >= 15 is 0 Å². The van der Waals surface area contributed by atoms with E-state index in [1.165, 1.54) is 11.1 Å². The van der Waals surface area contributed by atoms with Crippen LogP contribution >= 0.6 is 0 Å². The second-order valence-electron chi connectivity index (χ2n) is 5.87. The third kappa shape index (κ3) is 4.03. The zero-order chi connectivity index (χ0) is 15.4. The van der Waals surface area contributed by atoms with Gasteiger partial charge in [0.05, 0.1) is 0 Å². The Labute approximate surface area is 127 Å². The fraction of sp³-hybridized carbons (Fsp3) is 0.444. The van der Waals surface area contributed by atoms with E-state index in [9.17, 15) is 0 Å². The van der Waals surface area contributed by atoms with Crippen LogP contribution in [0, 0.1) is 6.92 Å². The highest BCUT2D eigenvalue weighted by Crippen LogP contribution is 2.20. The van der Waals surface area contributed by atoms with Crippen LogP contribution in [0.3, 0.4) is 0 Å². The summed E-state index contributed by atoms with van der Waals surface area (Å²) in [6.07, 6.45) is 1.07. The van der Waals surface area contributed by atoms with Crippen molar-refractivity contribution in [3.05, 3.63) is 53.0 Å². The van der Waals surface area contributed by atoms with Gasteiger partial charge in [-0.15, -0.1) is 0 Å². The van der Waals surface area contributed by atoms with Crippen LogP contribution in [0.15, 0.2) is 30.3 Å². The minimum Gasteiger partial charge on any atom is -0.363 e. The Morgan fingerprint density at radius 1 is 1.05 bits per heavy atom. The molecule has 2 rings (SSSR count). The van der Waals surface area contributed by atoms with Gasteiger partial charge in [-0.25, -0.2) is 9.97 Å². The Morgan fingerprint density at radius 2 is 1.71 bits per heavy atom. The van der Waals surface area contributed by atoms with Gasteiger partial charge in [0, 0.05) is 23.7 Å². The Bertz CT molecular complexity index is 588. The van der Waals surface area contributed by atoms with Gasteiger partial charge in [0.2, 0.25) is 0 Å². The largest absolute Gasteiger partial charge is 0.363 e. The summed E-state index contributed by atoms with van der Waals surface area (Å²) in [7, 11) is 0. The fourth-order valence-corrected chi connectivity index (χ4v) is 2.27. The molecule has 0 amide bonds. The molecule has 0 aliphatic carbocycles.